The average molecular weight is 139 g/mol. The summed E-state index contributed by atoms with van der Waals surface area (Å²) in [6.45, 7) is 1.62. The summed E-state index contributed by atoms with van der Waals surface area (Å²) in [5.41, 5.74) is 0.637. The Balaban J connectivity index is 2.96. The maximum Gasteiger partial charge on any atom is 0.186 e. The number of hydrogen-bond donors (Lipinski definition) is 1. The molecule has 1 N–H and O–H groups in total. The molecule has 3 nitrogen and oxygen atoms in total. The van der Waals surface area contributed by atoms with Crippen molar-refractivity contribution >= 4 is 0 Å². The monoisotopic (exact) mass is 139 g/mol. The van der Waals surface area contributed by atoms with E-state index in [0.717, 1.165) is 0 Å². The third-order valence-electron chi connectivity index (χ3n) is 1.28. The fourth-order valence-corrected chi connectivity index (χ4v) is 0.719. The molecule has 0 aliphatic heterocycles. The van der Waals surface area contributed by atoms with E-state index in [1.165, 1.54) is 12.4 Å². The van der Waals surface area contributed by atoms with Crippen molar-refractivity contribution in [3.8, 4) is 0 Å². The maximum atomic E-state index is 10.6. The minimum Gasteiger partial charge on any atom is -0.619 e. The molecule has 0 saturated carbocycles. The smallest absolute Gasteiger partial charge is 0.186 e. The molecule has 0 aliphatic carbocycles. The van der Waals surface area contributed by atoms with E-state index >= 15 is 0 Å². The molecule has 0 spiro atoms. The molecule has 3 heteroatoms. The molecule has 1 rings (SSSR count). The van der Waals surface area contributed by atoms with Gasteiger partial charge >= 0.3 is 0 Å². The first kappa shape index (κ1) is 7.02. The minimum atomic E-state index is -0.568. The van der Waals surface area contributed by atoms with E-state index in [0.29, 0.717) is 10.3 Å². The number of rotatable bonds is 1. The highest BCUT2D eigenvalue weighted by atomic mass is 16.5. The Labute approximate surface area is 59.1 Å². The van der Waals surface area contributed by atoms with Crippen molar-refractivity contribution in [2.75, 3.05) is 0 Å². The van der Waals surface area contributed by atoms with Crippen LogP contribution in [0.2, 0.25) is 0 Å². The van der Waals surface area contributed by atoms with Crippen LogP contribution in [-0.2, 0) is 0 Å². The molecular formula is C7H9NO2. The predicted octanol–water partition coefficient (Wildman–Crippen LogP) is 0.373. The Morgan fingerprint density at radius 3 is 2.80 bits per heavy atom. The van der Waals surface area contributed by atoms with Crippen molar-refractivity contribution in [2.45, 2.75) is 13.0 Å². The molecule has 0 aliphatic rings. The number of aromatic nitrogens is 1. The molecule has 1 aromatic heterocycles. The highest BCUT2D eigenvalue weighted by Gasteiger charge is 2.01. The van der Waals surface area contributed by atoms with Gasteiger partial charge in [0.25, 0.3) is 0 Å². The summed E-state index contributed by atoms with van der Waals surface area (Å²) < 4.78 is 0.669. The Kier molecular flexibility index (Phi) is 1.87. The van der Waals surface area contributed by atoms with Crippen molar-refractivity contribution in [1.82, 2.24) is 0 Å². The topological polar surface area (TPSA) is 47.2 Å². The van der Waals surface area contributed by atoms with Gasteiger partial charge in [0.05, 0.1) is 6.10 Å². The van der Waals surface area contributed by atoms with Gasteiger partial charge in [-0.3, -0.25) is 0 Å². The summed E-state index contributed by atoms with van der Waals surface area (Å²) in [5, 5.41) is 19.6. The van der Waals surface area contributed by atoms with Crippen LogP contribution in [-0.4, -0.2) is 5.11 Å². The molecule has 0 radical (unpaired) electrons. The second-order valence-electron chi connectivity index (χ2n) is 2.17. The number of pyridine rings is 1. The lowest BCUT2D eigenvalue weighted by Gasteiger charge is -2.02. The molecule has 0 fully saturated rings. The number of aliphatic hydroxyl groups is 1. The van der Waals surface area contributed by atoms with Gasteiger partial charge < -0.3 is 10.3 Å². The van der Waals surface area contributed by atoms with E-state index in [-0.39, 0.29) is 0 Å². The van der Waals surface area contributed by atoms with Gasteiger partial charge in [0.15, 0.2) is 12.4 Å². The number of aliphatic hydroxyl groups excluding tert-OH is 1. The molecule has 10 heavy (non-hydrogen) atoms. The molecule has 0 bridgehead atoms. The first-order chi connectivity index (χ1) is 4.70. The molecule has 1 heterocycles. The zero-order valence-electron chi connectivity index (χ0n) is 5.69. The standard InChI is InChI=1S/C7H9NO2/c1-6(9)7-3-2-4-8(10)5-7/h2-6,9H,1H3. The van der Waals surface area contributed by atoms with Crippen LogP contribution in [0.4, 0.5) is 0 Å². The van der Waals surface area contributed by atoms with Crippen molar-refractivity contribution in [3.05, 3.63) is 35.3 Å². The molecule has 54 valence electrons. The second kappa shape index (κ2) is 2.66. The van der Waals surface area contributed by atoms with Crippen LogP contribution in [0.5, 0.6) is 0 Å². The number of nitrogens with zero attached hydrogens (tertiary/aromatic N) is 1. The molecule has 0 amide bonds. The van der Waals surface area contributed by atoms with Gasteiger partial charge in [0, 0.05) is 11.6 Å². The Bertz CT molecular complexity index is 223. The Hall–Kier alpha value is -1.09. The van der Waals surface area contributed by atoms with E-state index in [2.05, 4.69) is 0 Å². The highest BCUT2D eigenvalue weighted by Crippen LogP contribution is 2.06. The summed E-state index contributed by atoms with van der Waals surface area (Å²) in [4.78, 5) is 0. The lowest BCUT2D eigenvalue weighted by Crippen LogP contribution is -2.25. The van der Waals surface area contributed by atoms with Gasteiger partial charge in [-0.15, -0.1) is 0 Å². The van der Waals surface area contributed by atoms with Gasteiger partial charge in [-0.05, 0) is 13.0 Å². The van der Waals surface area contributed by atoms with Gasteiger partial charge in [-0.25, -0.2) is 0 Å². The third kappa shape index (κ3) is 1.45. The van der Waals surface area contributed by atoms with Crippen molar-refractivity contribution in [3.63, 3.8) is 0 Å². The van der Waals surface area contributed by atoms with E-state index in [1.807, 2.05) is 0 Å². The van der Waals surface area contributed by atoms with Gasteiger partial charge in [0.2, 0.25) is 0 Å². The third-order valence-corrected chi connectivity index (χ3v) is 1.28. The summed E-state index contributed by atoms with van der Waals surface area (Å²) in [6.07, 6.45) is 2.16. The largest absolute Gasteiger partial charge is 0.619 e. The van der Waals surface area contributed by atoms with Crippen LogP contribution in [0, 0.1) is 5.21 Å². The van der Waals surface area contributed by atoms with Crippen molar-refractivity contribution in [2.24, 2.45) is 0 Å². The van der Waals surface area contributed by atoms with E-state index in [4.69, 9.17) is 5.11 Å². The lowest BCUT2D eigenvalue weighted by molar-refractivity contribution is -0.606. The molecule has 0 saturated heterocycles. The van der Waals surface area contributed by atoms with Crippen molar-refractivity contribution in [1.29, 1.82) is 0 Å². The Morgan fingerprint density at radius 2 is 2.40 bits per heavy atom. The van der Waals surface area contributed by atoms with Crippen LogP contribution in [0.3, 0.4) is 0 Å². The fraction of sp³-hybridized carbons (Fsp3) is 0.286. The van der Waals surface area contributed by atoms with E-state index in [1.54, 1.807) is 19.1 Å². The lowest BCUT2D eigenvalue weighted by atomic mass is 10.2. The zero-order chi connectivity index (χ0) is 7.56. The van der Waals surface area contributed by atoms with Crippen LogP contribution in [0.15, 0.2) is 24.5 Å². The Morgan fingerprint density at radius 1 is 1.70 bits per heavy atom. The van der Waals surface area contributed by atoms with Gasteiger partial charge in [-0.1, -0.05) is 0 Å². The molecular weight excluding hydrogens is 130 g/mol. The van der Waals surface area contributed by atoms with Crippen molar-refractivity contribution < 1.29 is 9.84 Å². The van der Waals surface area contributed by atoms with Gasteiger partial charge in [-0.2, -0.15) is 4.73 Å². The molecule has 1 aromatic rings. The normalized spacial score (nSPS) is 13.0. The summed E-state index contributed by atoms with van der Waals surface area (Å²) in [6, 6.07) is 3.31. The highest BCUT2D eigenvalue weighted by molar-refractivity contribution is 5.07. The van der Waals surface area contributed by atoms with Crippen LogP contribution >= 0.6 is 0 Å². The predicted molar refractivity (Wildman–Crippen MR) is 36.0 cm³/mol. The first-order valence-corrected chi connectivity index (χ1v) is 3.07. The first-order valence-electron chi connectivity index (χ1n) is 3.07. The van der Waals surface area contributed by atoms with E-state index < -0.39 is 6.10 Å². The molecule has 1 unspecified atom stereocenters. The summed E-state index contributed by atoms with van der Waals surface area (Å²) >= 11 is 0. The summed E-state index contributed by atoms with van der Waals surface area (Å²) in [7, 11) is 0. The van der Waals surface area contributed by atoms with Crippen LogP contribution in [0.25, 0.3) is 0 Å². The molecule has 0 aromatic carbocycles. The van der Waals surface area contributed by atoms with Crippen LogP contribution in [0.1, 0.15) is 18.6 Å². The van der Waals surface area contributed by atoms with Gasteiger partial charge in [0.1, 0.15) is 0 Å². The quantitative estimate of drug-likeness (QED) is 0.451. The van der Waals surface area contributed by atoms with Crippen LogP contribution < -0.4 is 4.73 Å². The summed E-state index contributed by atoms with van der Waals surface area (Å²) in [5.74, 6) is 0. The second-order valence-corrected chi connectivity index (χ2v) is 2.17. The minimum absolute atomic E-state index is 0.568. The molecule has 1 atom stereocenters. The maximum absolute atomic E-state index is 10.6. The number of hydrogen-bond acceptors (Lipinski definition) is 2. The SMILES string of the molecule is CC(O)c1ccc[n+]([O-])c1. The van der Waals surface area contributed by atoms with E-state index in [9.17, 15) is 5.21 Å². The fourth-order valence-electron chi connectivity index (χ4n) is 0.719. The zero-order valence-corrected chi connectivity index (χ0v) is 5.69. The average Bonchev–Trinajstić information content (AvgIpc) is 1.88.